The standard InChI is InChI=1S/C21H28N4O3.HI/c1-3-22-21(25-10-9-17(14-25)15-27-2)23-13-16-6-4-7-18(12-16)24-20(26)19-8-5-11-28-19;/h4-8,11-12,17H,3,9-10,13-15H2,1-2H3,(H,22,23)(H,24,26);1H. The van der Waals surface area contributed by atoms with E-state index < -0.39 is 0 Å². The first kappa shape index (κ1) is 23.2. The van der Waals surface area contributed by atoms with Crippen molar-refractivity contribution >= 4 is 41.5 Å². The molecule has 2 aromatic rings. The Kier molecular flexibility index (Phi) is 9.46. The molecule has 8 heteroatoms. The zero-order valence-electron chi connectivity index (χ0n) is 16.9. The van der Waals surface area contributed by atoms with Gasteiger partial charge < -0.3 is 24.7 Å². The number of carbonyl (C=O) groups excluding carboxylic acids is 1. The lowest BCUT2D eigenvalue weighted by Crippen LogP contribution is -2.40. The van der Waals surface area contributed by atoms with Crippen LogP contribution < -0.4 is 10.6 Å². The molecule has 1 unspecified atom stereocenters. The number of aliphatic imine (C=N–C) groups is 1. The predicted octanol–water partition coefficient (Wildman–Crippen LogP) is 3.58. The van der Waals surface area contributed by atoms with E-state index in [9.17, 15) is 4.79 Å². The van der Waals surface area contributed by atoms with Gasteiger partial charge in [-0.25, -0.2) is 4.99 Å². The highest BCUT2D eigenvalue weighted by Gasteiger charge is 2.24. The SMILES string of the molecule is CCNC(=NCc1cccc(NC(=O)c2ccco2)c1)N1CCC(COC)C1.I. The summed E-state index contributed by atoms with van der Waals surface area (Å²) in [6.07, 6.45) is 2.60. The predicted molar refractivity (Wildman–Crippen MR) is 125 cm³/mol. The van der Waals surface area contributed by atoms with E-state index in [1.165, 1.54) is 6.26 Å². The number of furan rings is 1. The lowest BCUT2D eigenvalue weighted by atomic mass is 10.1. The smallest absolute Gasteiger partial charge is 0.291 e. The quantitative estimate of drug-likeness (QED) is 0.337. The number of guanidine groups is 1. The van der Waals surface area contributed by atoms with Crippen molar-refractivity contribution < 1.29 is 13.9 Å². The third-order valence-electron chi connectivity index (χ3n) is 4.66. The molecule has 158 valence electrons. The van der Waals surface area contributed by atoms with Crippen molar-refractivity contribution in [2.45, 2.75) is 19.9 Å². The Morgan fingerprint density at radius 1 is 1.34 bits per heavy atom. The van der Waals surface area contributed by atoms with Crippen LogP contribution in [0.25, 0.3) is 0 Å². The van der Waals surface area contributed by atoms with E-state index in [4.69, 9.17) is 14.1 Å². The second-order valence-corrected chi connectivity index (χ2v) is 6.86. The number of likely N-dealkylation sites (tertiary alicyclic amines) is 1. The summed E-state index contributed by atoms with van der Waals surface area (Å²) in [5, 5.41) is 6.23. The summed E-state index contributed by atoms with van der Waals surface area (Å²) in [4.78, 5) is 19.2. The van der Waals surface area contributed by atoms with Gasteiger partial charge in [0.25, 0.3) is 5.91 Å². The Bertz CT molecular complexity index is 795. The molecule has 2 N–H and O–H groups in total. The van der Waals surface area contributed by atoms with Gasteiger partial charge in [-0.1, -0.05) is 12.1 Å². The molecule has 29 heavy (non-hydrogen) atoms. The van der Waals surface area contributed by atoms with Crippen molar-refractivity contribution in [3.63, 3.8) is 0 Å². The molecule has 1 aliphatic heterocycles. The number of nitrogens with one attached hydrogen (secondary N) is 2. The van der Waals surface area contributed by atoms with Crippen molar-refractivity contribution in [3.8, 4) is 0 Å². The molecule has 1 aromatic carbocycles. The molecular formula is C21H29IN4O3. The number of methoxy groups -OCH3 is 1. The number of benzene rings is 1. The average molecular weight is 512 g/mol. The molecule has 1 fully saturated rings. The summed E-state index contributed by atoms with van der Waals surface area (Å²) in [5.74, 6) is 1.50. The van der Waals surface area contributed by atoms with E-state index in [1.54, 1.807) is 19.2 Å². The van der Waals surface area contributed by atoms with Crippen molar-refractivity contribution in [3.05, 3.63) is 54.0 Å². The maximum absolute atomic E-state index is 12.1. The molecule has 0 saturated carbocycles. The number of anilines is 1. The van der Waals surface area contributed by atoms with Gasteiger partial charge in [-0.15, -0.1) is 24.0 Å². The van der Waals surface area contributed by atoms with Gasteiger partial charge >= 0.3 is 0 Å². The minimum atomic E-state index is -0.264. The number of halogens is 1. The fourth-order valence-corrected chi connectivity index (χ4v) is 3.34. The number of rotatable bonds is 7. The molecule has 1 saturated heterocycles. The maximum Gasteiger partial charge on any atom is 0.291 e. The van der Waals surface area contributed by atoms with Crippen LogP contribution in [0.15, 0.2) is 52.1 Å². The van der Waals surface area contributed by atoms with Crippen LogP contribution in [0.4, 0.5) is 5.69 Å². The number of hydrogen-bond donors (Lipinski definition) is 2. The molecule has 1 aromatic heterocycles. The van der Waals surface area contributed by atoms with Crippen LogP contribution in [-0.4, -0.2) is 50.1 Å². The summed E-state index contributed by atoms with van der Waals surface area (Å²) >= 11 is 0. The monoisotopic (exact) mass is 512 g/mol. The van der Waals surface area contributed by atoms with E-state index in [0.717, 1.165) is 49.9 Å². The molecule has 0 aliphatic carbocycles. The Hall–Kier alpha value is -2.07. The summed E-state index contributed by atoms with van der Waals surface area (Å²) in [5.41, 5.74) is 1.75. The van der Waals surface area contributed by atoms with Crippen LogP contribution in [0.3, 0.4) is 0 Å². The summed E-state index contributed by atoms with van der Waals surface area (Å²) < 4.78 is 10.4. The molecule has 2 heterocycles. The van der Waals surface area contributed by atoms with E-state index in [-0.39, 0.29) is 35.6 Å². The van der Waals surface area contributed by atoms with E-state index in [0.29, 0.717) is 12.5 Å². The van der Waals surface area contributed by atoms with Gasteiger partial charge in [-0.2, -0.15) is 0 Å². The molecular weight excluding hydrogens is 483 g/mol. The fraction of sp³-hybridized carbons (Fsp3) is 0.429. The number of hydrogen-bond acceptors (Lipinski definition) is 4. The Morgan fingerprint density at radius 3 is 2.93 bits per heavy atom. The molecule has 0 bridgehead atoms. The van der Waals surface area contributed by atoms with Gasteiger partial charge in [0.2, 0.25) is 0 Å². The Balaban J connectivity index is 0.00000300. The first-order chi connectivity index (χ1) is 13.7. The third kappa shape index (κ3) is 6.74. The highest BCUT2D eigenvalue weighted by atomic mass is 127. The van der Waals surface area contributed by atoms with E-state index in [1.807, 2.05) is 24.3 Å². The first-order valence-corrected chi connectivity index (χ1v) is 9.65. The van der Waals surface area contributed by atoms with Gasteiger partial charge in [0, 0.05) is 38.3 Å². The minimum absolute atomic E-state index is 0. The maximum atomic E-state index is 12.1. The third-order valence-corrected chi connectivity index (χ3v) is 4.66. The zero-order valence-corrected chi connectivity index (χ0v) is 19.2. The average Bonchev–Trinajstić information content (AvgIpc) is 3.38. The summed E-state index contributed by atoms with van der Waals surface area (Å²) in [7, 11) is 1.75. The van der Waals surface area contributed by atoms with Gasteiger partial charge in [-0.05, 0) is 43.2 Å². The molecule has 0 radical (unpaired) electrons. The topological polar surface area (TPSA) is 79.1 Å². The number of nitrogens with zero attached hydrogens (tertiary/aromatic N) is 2. The largest absolute Gasteiger partial charge is 0.459 e. The second kappa shape index (κ2) is 11.8. The number of carbonyl (C=O) groups is 1. The first-order valence-electron chi connectivity index (χ1n) is 9.65. The second-order valence-electron chi connectivity index (χ2n) is 6.86. The normalized spacial score (nSPS) is 16.4. The summed E-state index contributed by atoms with van der Waals surface area (Å²) in [6.45, 7) is 6.16. The van der Waals surface area contributed by atoms with Crippen molar-refractivity contribution in [1.82, 2.24) is 10.2 Å². The van der Waals surface area contributed by atoms with Crippen LogP contribution in [0.1, 0.15) is 29.5 Å². The van der Waals surface area contributed by atoms with E-state index in [2.05, 4.69) is 22.5 Å². The number of ether oxygens (including phenoxy) is 1. The van der Waals surface area contributed by atoms with Crippen LogP contribution in [0.2, 0.25) is 0 Å². The Morgan fingerprint density at radius 2 is 2.21 bits per heavy atom. The molecule has 3 rings (SSSR count). The van der Waals surface area contributed by atoms with E-state index >= 15 is 0 Å². The van der Waals surface area contributed by atoms with Gasteiger partial charge in [0.15, 0.2) is 11.7 Å². The lowest BCUT2D eigenvalue weighted by Gasteiger charge is -2.21. The van der Waals surface area contributed by atoms with Crippen molar-refractivity contribution in [1.29, 1.82) is 0 Å². The van der Waals surface area contributed by atoms with Gasteiger partial charge in [0.1, 0.15) is 0 Å². The summed E-state index contributed by atoms with van der Waals surface area (Å²) in [6, 6.07) is 11.0. The molecule has 1 aliphatic rings. The number of amides is 1. The molecule has 7 nitrogen and oxygen atoms in total. The fourth-order valence-electron chi connectivity index (χ4n) is 3.34. The zero-order chi connectivity index (χ0) is 19.8. The van der Waals surface area contributed by atoms with Crippen LogP contribution in [0.5, 0.6) is 0 Å². The minimum Gasteiger partial charge on any atom is -0.459 e. The molecule has 1 amide bonds. The van der Waals surface area contributed by atoms with Gasteiger partial charge in [-0.3, -0.25) is 4.79 Å². The Labute approximate surface area is 188 Å². The molecule has 1 atom stereocenters. The molecule has 0 spiro atoms. The van der Waals surface area contributed by atoms with Crippen LogP contribution in [0, 0.1) is 5.92 Å². The van der Waals surface area contributed by atoms with Gasteiger partial charge in [0.05, 0.1) is 19.4 Å². The van der Waals surface area contributed by atoms with Crippen molar-refractivity contribution in [2.75, 3.05) is 38.7 Å². The highest BCUT2D eigenvalue weighted by Crippen LogP contribution is 2.17. The van der Waals surface area contributed by atoms with Crippen LogP contribution >= 0.6 is 24.0 Å². The van der Waals surface area contributed by atoms with Crippen molar-refractivity contribution in [2.24, 2.45) is 10.9 Å². The highest BCUT2D eigenvalue weighted by molar-refractivity contribution is 14.0. The van der Waals surface area contributed by atoms with Crippen LogP contribution in [-0.2, 0) is 11.3 Å². The lowest BCUT2D eigenvalue weighted by molar-refractivity contribution is 0.0996.